The molecular formula is C14H12N4O3. The second kappa shape index (κ2) is 4.86. The van der Waals surface area contributed by atoms with E-state index in [4.69, 9.17) is 0 Å². The quantitative estimate of drug-likeness (QED) is 0.771. The van der Waals surface area contributed by atoms with Crippen molar-refractivity contribution >= 4 is 16.7 Å². The van der Waals surface area contributed by atoms with E-state index < -0.39 is 5.97 Å². The van der Waals surface area contributed by atoms with E-state index in [1.54, 1.807) is 48.3 Å². The zero-order chi connectivity index (χ0) is 15.0. The fourth-order valence-electron chi connectivity index (χ4n) is 2.20. The number of benzene rings is 1. The van der Waals surface area contributed by atoms with Gasteiger partial charge in [0.05, 0.1) is 17.6 Å². The van der Waals surface area contributed by atoms with Crippen LogP contribution in [0.3, 0.4) is 0 Å². The smallest absolute Gasteiger partial charge is 0.357 e. The summed E-state index contributed by atoms with van der Waals surface area (Å²) >= 11 is 0. The zero-order valence-corrected chi connectivity index (χ0v) is 11.2. The maximum Gasteiger partial charge on any atom is 0.357 e. The Balaban J connectivity index is 2.21. The second-order valence-corrected chi connectivity index (χ2v) is 4.64. The van der Waals surface area contributed by atoms with Crippen LogP contribution < -0.4 is 5.56 Å². The van der Waals surface area contributed by atoms with E-state index >= 15 is 0 Å². The average molecular weight is 284 g/mol. The van der Waals surface area contributed by atoms with E-state index in [1.807, 2.05) is 0 Å². The van der Waals surface area contributed by atoms with Crippen LogP contribution in [0.2, 0.25) is 0 Å². The molecule has 0 aliphatic heterocycles. The fourth-order valence-corrected chi connectivity index (χ4v) is 2.20. The Morgan fingerprint density at radius 1 is 1.19 bits per heavy atom. The van der Waals surface area contributed by atoms with Gasteiger partial charge in [-0.25, -0.2) is 9.48 Å². The maximum atomic E-state index is 12.4. The van der Waals surface area contributed by atoms with E-state index in [1.165, 1.54) is 0 Å². The van der Waals surface area contributed by atoms with Gasteiger partial charge in [-0.3, -0.25) is 9.48 Å². The molecule has 0 atom stereocenters. The maximum absolute atomic E-state index is 12.4. The van der Waals surface area contributed by atoms with Crippen molar-refractivity contribution in [3.8, 4) is 0 Å². The van der Waals surface area contributed by atoms with Crippen molar-refractivity contribution in [2.75, 3.05) is 0 Å². The Bertz CT molecular complexity index is 895. The summed E-state index contributed by atoms with van der Waals surface area (Å²) in [6, 6.07) is 8.31. The number of carboxylic acid groups (broad SMARTS) is 1. The monoisotopic (exact) mass is 284 g/mol. The van der Waals surface area contributed by atoms with Gasteiger partial charge in [0.1, 0.15) is 0 Å². The molecule has 0 unspecified atom stereocenters. The number of carbonyl (C=O) groups is 1. The minimum atomic E-state index is -1.17. The van der Waals surface area contributed by atoms with Crippen molar-refractivity contribution in [1.29, 1.82) is 0 Å². The van der Waals surface area contributed by atoms with Gasteiger partial charge in [0.15, 0.2) is 5.69 Å². The normalized spacial score (nSPS) is 10.9. The van der Waals surface area contributed by atoms with Crippen LogP contribution in [-0.2, 0) is 13.6 Å². The molecule has 0 radical (unpaired) electrons. The standard InChI is InChI=1S/C14H12N4O3/c1-17-7-6-9(15-17)8-18-13(19)11-5-3-2-4-10(11)12(16-18)14(20)21/h2-7H,8H2,1H3,(H,20,21). The van der Waals surface area contributed by atoms with Gasteiger partial charge in [0, 0.05) is 18.6 Å². The molecule has 0 bridgehead atoms. The number of nitrogens with zero attached hydrogens (tertiary/aromatic N) is 4. The van der Waals surface area contributed by atoms with E-state index in [2.05, 4.69) is 10.2 Å². The Labute approximate surface area is 119 Å². The van der Waals surface area contributed by atoms with Crippen LogP contribution in [0, 0.1) is 0 Å². The highest BCUT2D eigenvalue weighted by atomic mass is 16.4. The van der Waals surface area contributed by atoms with Crippen molar-refractivity contribution in [2.24, 2.45) is 7.05 Å². The van der Waals surface area contributed by atoms with Gasteiger partial charge < -0.3 is 5.11 Å². The molecule has 0 amide bonds. The summed E-state index contributed by atoms with van der Waals surface area (Å²) in [6.07, 6.45) is 1.75. The van der Waals surface area contributed by atoms with Gasteiger partial charge in [-0.15, -0.1) is 0 Å². The molecule has 0 aliphatic carbocycles. The number of aromatic nitrogens is 4. The highest BCUT2D eigenvalue weighted by Crippen LogP contribution is 2.13. The molecule has 0 aliphatic rings. The van der Waals surface area contributed by atoms with Crippen LogP contribution in [0.4, 0.5) is 0 Å². The number of hydrogen-bond acceptors (Lipinski definition) is 4. The molecule has 2 heterocycles. The van der Waals surface area contributed by atoms with Crippen LogP contribution >= 0.6 is 0 Å². The molecule has 21 heavy (non-hydrogen) atoms. The third-order valence-corrected chi connectivity index (χ3v) is 3.15. The summed E-state index contributed by atoms with van der Waals surface area (Å²) in [5.74, 6) is -1.17. The van der Waals surface area contributed by atoms with Crippen molar-refractivity contribution in [1.82, 2.24) is 19.6 Å². The Morgan fingerprint density at radius 3 is 2.52 bits per heavy atom. The Morgan fingerprint density at radius 2 is 1.90 bits per heavy atom. The number of aryl methyl sites for hydroxylation is 1. The molecule has 106 valence electrons. The van der Waals surface area contributed by atoms with Crippen LogP contribution in [0.5, 0.6) is 0 Å². The molecule has 3 aromatic rings. The number of aromatic carboxylic acids is 1. The first-order valence-corrected chi connectivity index (χ1v) is 6.28. The fraction of sp³-hybridized carbons (Fsp3) is 0.143. The van der Waals surface area contributed by atoms with Crippen LogP contribution in [-0.4, -0.2) is 30.6 Å². The average Bonchev–Trinajstić information content (AvgIpc) is 2.87. The van der Waals surface area contributed by atoms with Crippen LogP contribution in [0.25, 0.3) is 10.8 Å². The summed E-state index contributed by atoms with van der Waals surface area (Å²) in [4.78, 5) is 23.7. The molecule has 7 nitrogen and oxygen atoms in total. The first-order chi connectivity index (χ1) is 10.1. The van der Waals surface area contributed by atoms with Gasteiger partial charge >= 0.3 is 5.97 Å². The summed E-state index contributed by atoms with van der Waals surface area (Å²) in [5.41, 5.74) is 0.168. The van der Waals surface area contributed by atoms with Gasteiger partial charge in [-0.2, -0.15) is 10.2 Å². The zero-order valence-electron chi connectivity index (χ0n) is 11.2. The molecule has 0 fully saturated rings. The summed E-state index contributed by atoms with van der Waals surface area (Å²) in [6.45, 7) is 0.130. The summed E-state index contributed by atoms with van der Waals surface area (Å²) < 4.78 is 2.74. The van der Waals surface area contributed by atoms with Crippen molar-refractivity contribution in [2.45, 2.75) is 6.54 Å². The molecule has 2 aromatic heterocycles. The lowest BCUT2D eigenvalue weighted by molar-refractivity contribution is 0.0690. The predicted octanol–water partition coefficient (Wildman–Crippen LogP) is 0.877. The minimum Gasteiger partial charge on any atom is -0.476 e. The molecule has 0 spiro atoms. The first-order valence-electron chi connectivity index (χ1n) is 6.28. The van der Waals surface area contributed by atoms with E-state index in [9.17, 15) is 14.7 Å². The minimum absolute atomic E-state index is 0.130. The lowest BCUT2D eigenvalue weighted by Crippen LogP contribution is -2.26. The van der Waals surface area contributed by atoms with E-state index in [0.29, 0.717) is 16.5 Å². The van der Waals surface area contributed by atoms with Gasteiger partial charge in [-0.1, -0.05) is 18.2 Å². The molecule has 0 saturated carbocycles. The van der Waals surface area contributed by atoms with Crippen molar-refractivity contribution in [3.63, 3.8) is 0 Å². The third-order valence-electron chi connectivity index (χ3n) is 3.15. The topological polar surface area (TPSA) is 90.0 Å². The highest BCUT2D eigenvalue weighted by Gasteiger charge is 2.16. The van der Waals surface area contributed by atoms with Crippen LogP contribution in [0.1, 0.15) is 16.2 Å². The van der Waals surface area contributed by atoms with Gasteiger partial charge in [0.25, 0.3) is 5.56 Å². The Kier molecular flexibility index (Phi) is 3.02. The number of fused-ring (bicyclic) bond motifs is 1. The number of hydrogen-bond donors (Lipinski definition) is 1. The number of rotatable bonds is 3. The molecular weight excluding hydrogens is 272 g/mol. The SMILES string of the molecule is Cn1ccc(Cn2nc(C(=O)O)c3ccccc3c2=O)n1. The summed E-state index contributed by atoms with van der Waals surface area (Å²) in [5, 5.41) is 18.1. The number of carboxylic acids is 1. The molecule has 0 saturated heterocycles. The second-order valence-electron chi connectivity index (χ2n) is 4.64. The van der Waals surface area contributed by atoms with E-state index in [-0.39, 0.29) is 17.8 Å². The largest absolute Gasteiger partial charge is 0.476 e. The molecule has 1 aromatic carbocycles. The van der Waals surface area contributed by atoms with Gasteiger partial charge in [-0.05, 0) is 12.1 Å². The van der Waals surface area contributed by atoms with Gasteiger partial charge in [0.2, 0.25) is 0 Å². The van der Waals surface area contributed by atoms with Crippen LogP contribution in [0.15, 0.2) is 41.3 Å². The first kappa shape index (κ1) is 13.0. The lowest BCUT2D eigenvalue weighted by atomic mass is 10.1. The predicted molar refractivity (Wildman–Crippen MR) is 75.3 cm³/mol. The van der Waals surface area contributed by atoms with Crippen molar-refractivity contribution < 1.29 is 9.90 Å². The molecule has 3 rings (SSSR count). The lowest BCUT2D eigenvalue weighted by Gasteiger charge is -2.07. The highest BCUT2D eigenvalue weighted by molar-refractivity contribution is 6.01. The van der Waals surface area contributed by atoms with Crippen molar-refractivity contribution in [3.05, 3.63) is 58.3 Å². The molecule has 1 N–H and O–H groups in total. The Hall–Kier alpha value is -2.96. The third kappa shape index (κ3) is 2.29. The molecule has 7 heteroatoms. The van der Waals surface area contributed by atoms with E-state index in [0.717, 1.165) is 4.68 Å². The summed E-state index contributed by atoms with van der Waals surface area (Å²) in [7, 11) is 1.77.